The van der Waals surface area contributed by atoms with Gasteiger partial charge in [-0.25, -0.2) is 0 Å². The van der Waals surface area contributed by atoms with Gasteiger partial charge < -0.3 is 19.1 Å². The lowest BCUT2D eigenvalue weighted by molar-refractivity contribution is 0.160. The lowest BCUT2D eigenvalue weighted by Gasteiger charge is -2.21. The number of fused-ring (bicyclic) bond motifs is 1. The Morgan fingerprint density at radius 3 is 2.74 bits per heavy atom. The van der Waals surface area contributed by atoms with Gasteiger partial charge in [0.1, 0.15) is 13.2 Å². The Balaban J connectivity index is 1.83. The fourth-order valence-corrected chi connectivity index (χ4v) is 2.17. The summed E-state index contributed by atoms with van der Waals surface area (Å²) >= 11 is 0. The van der Waals surface area contributed by atoms with E-state index in [0.717, 1.165) is 43.3 Å². The number of hydrogen-bond acceptors (Lipinski definition) is 4. The van der Waals surface area contributed by atoms with Crippen molar-refractivity contribution in [3.8, 4) is 17.2 Å². The fourth-order valence-electron chi connectivity index (χ4n) is 2.17. The van der Waals surface area contributed by atoms with Gasteiger partial charge >= 0.3 is 0 Å². The average molecular weight is 265 g/mol. The van der Waals surface area contributed by atoms with Crippen molar-refractivity contribution in [3.05, 3.63) is 18.2 Å². The Morgan fingerprint density at radius 2 is 1.95 bits per heavy atom. The van der Waals surface area contributed by atoms with E-state index in [1.807, 2.05) is 18.2 Å². The minimum absolute atomic E-state index is 0.590. The molecule has 1 aromatic rings. The topological polar surface area (TPSA) is 30.9 Å². The Labute approximate surface area is 115 Å². The molecule has 0 saturated heterocycles. The monoisotopic (exact) mass is 265 g/mol. The molecule has 0 spiro atoms. The summed E-state index contributed by atoms with van der Waals surface area (Å²) in [5, 5.41) is 0. The SMILES string of the molecule is CCN(CC)CCCOc1cccc2c1OCCO2. The van der Waals surface area contributed by atoms with Crippen LogP contribution in [-0.4, -0.2) is 44.4 Å². The van der Waals surface area contributed by atoms with Gasteiger partial charge in [0.15, 0.2) is 11.5 Å². The van der Waals surface area contributed by atoms with Crippen molar-refractivity contribution in [2.45, 2.75) is 20.3 Å². The Bertz CT molecular complexity index is 391. The molecule has 1 aliphatic rings. The first-order valence-corrected chi connectivity index (χ1v) is 7.09. The van der Waals surface area contributed by atoms with Crippen LogP contribution in [0, 0.1) is 0 Å². The first-order chi connectivity index (χ1) is 9.35. The summed E-state index contributed by atoms with van der Waals surface area (Å²) in [5.74, 6) is 2.32. The number of nitrogens with zero attached hydrogens (tertiary/aromatic N) is 1. The van der Waals surface area contributed by atoms with Crippen molar-refractivity contribution >= 4 is 0 Å². The number of benzene rings is 1. The van der Waals surface area contributed by atoms with Crippen LogP contribution < -0.4 is 14.2 Å². The van der Waals surface area contributed by atoms with Gasteiger partial charge in [-0.15, -0.1) is 0 Å². The number of hydrogen-bond donors (Lipinski definition) is 0. The molecule has 1 aliphatic heterocycles. The maximum atomic E-state index is 5.81. The molecule has 0 aromatic heterocycles. The van der Waals surface area contributed by atoms with Crippen LogP contribution in [0.15, 0.2) is 18.2 Å². The summed E-state index contributed by atoms with van der Waals surface area (Å²) in [7, 11) is 0. The van der Waals surface area contributed by atoms with Gasteiger partial charge in [0.25, 0.3) is 0 Å². The highest BCUT2D eigenvalue weighted by Crippen LogP contribution is 2.38. The largest absolute Gasteiger partial charge is 0.489 e. The third-order valence-corrected chi connectivity index (χ3v) is 3.30. The molecule has 0 N–H and O–H groups in total. The lowest BCUT2D eigenvalue weighted by Crippen LogP contribution is -2.25. The minimum Gasteiger partial charge on any atom is -0.489 e. The summed E-state index contributed by atoms with van der Waals surface area (Å²) < 4.78 is 17.0. The van der Waals surface area contributed by atoms with Crippen molar-refractivity contribution in [3.63, 3.8) is 0 Å². The molecule has 0 bridgehead atoms. The van der Waals surface area contributed by atoms with Gasteiger partial charge in [0, 0.05) is 6.54 Å². The van der Waals surface area contributed by atoms with Crippen LogP contribution in [0.4, 0.5) is 0 Å². The maximum Gasteiger partial charge on any atom is 0.203 e. The van der Waals surface area contributed by atoms with Gasteiger partial charge in [-0.2, -0.15) is 0 Å². The quantitative estimate of drug-likeness (QED) is 0.709. The second kappa shape index (κ2) is 7.24. The third-order valence-electron chi connectivity index (χ3n) is 3.30. The predicted octanol–water partition coefficient (Wildman–Crippen LogP) is 2.57. The van der Waals surface area contributed by atoms with E-state index in [9.17, 15) is 0 Å². The minimum atomic E-state index is 0.590. The molecule has 0 saturated carbocycles. The highest BCUT2D eigenvalue weighted by atomic mass is 16.6. The number of para-hydroxylation sites is 1. The highest BCUT2D eigenvalue weighted by molar-refractivity contribution is 5.51. The molecule has 19 heavy (non-hydrogen) atoms. The third kappa shape index (κ3) is 3.77. The van der Waals surface area contributed by atoms with Crippen molar-refractivity contribution in [2.75, 3.05) is 39.5 Å². The van der Waals surface area contributed by atoms with E-state index in [1.165, 1.54) is 0 Å². The summed E-state index contributed by atoms with van der Waals surface area (Å²) in [6, 6.07) is 5.79. The van der Waals surface area contributed by atoms with E-state index in [4.69, 9.17) is 14.2 Å². The molecule has 0 radical (unpaired) electrons. The van der Waals surface area contributed by atoms with E-state index in [1.54, 1.807) is 0 Å². The first-order valence-electron chi connectivity index (χ1n) is 7.09. The van der Waals surface area contributed by atoms with Crippen LogP contribution >= 0.6 is 0 Å². The molecular weight excluding hydrogens is 242 g/mol. The summed E-state index contributed by atoms with van der Waals surface area (Å²) in [6.45, 7) is 9.52. The fraction of sp³-hybridized carbons (Fsp3) is 0.600. The summed E-state index contributed by atoms with van der Waals surface area (Å²) in [5.41, 5.74) is 0. The van der Waals surface area contributed by atoms with Crippen LogP contribution in [0.2, 0.25) is 0 Å². The van der Waals surface area contributed by atoms with Gasteiger partial charge in [-0.05, 0) is 31.6 Å². The van der Waals surface area contributed by atoms with Crippen LogP contribution in [-0.2, 0) is 0 Å². The molecule has 106 valence electrons. The zero-order valence-electron chi connectivity index (χ0n) is 11.9. The lowest BCUT2D eigenvalue weighted by atomic mass is 10.3. The normalized spacial score (nSPS) is 13.6. The van der Waals surface area contributed by atoms with Gasteiger partial charge in [0.2, 0.25) is 5.75 Å². The summed E-state index contributed by atoms with van der Waals surface area (Å²) in [6.07, 6.45) is 1.02. The van der Waals surface area contributed by atoms with Crippen molar-refractivity contribution < 1.29 is 14.2 Å². The van der Waals surface area contributed by atoms with Gasteiger partial charge in [0.05, 0.1) is 6.61 Å². The number of rotatable bonds is 7. The summed E-state index contributed by atoms with van der Waals surface area (Å²) in [4.78, 5) is 2.39. The van der Waals surface area contributed by atoms with Gasteiger partial charge in [-0.1, -0.05) is 19.9 Å². The number of ether oxygens (including phenoxy) is 3. The molecule has 0 amide bonds. The molecule has 1 aromatic carbocycles. The molecule has 4 nitrogen and oxygen atoms in total. The van der Waals surface area contributed by atoms with E-state index in [0.29, 0.717) is 19.8 Å². The molecule has 1 heterocycles. The molecule has 0 unspecified atom stereocenters. The van der Waals surface area contributed by atoms with Crippen LogP contribution in [0.25, 0.3) is 0 Å². The van der Waals surface area contributed by atoms with E-state index >= 15 is 0 Å². The second-order valence-corrected chi connectivity index (χ2v) is 4.51. The van der Waals surface area contributed by atoms with Crippen LogP contribution in [0.5, 0.6) is 17.2 Å². The molecule has 4 heteroatoms. The molecule has 0 aliphatic carbocycles. The Morgan fingerprint density at radius 1 is 1.16 bits per heavy atom. The first kappa shape index (κ1) is 14.0. The van der Waals surface area contributed by atoms with E-state index in [-0.39, 0.29) is 0 Å². The molecule has 0 atom stereocenters. The Kier molecular flexibility index (Phi) is 5.33. The van der Waals surface area contributed by atoms with Crippen molar-refractivity contribution in [1.29, 1.82) is 0 Å². The molecule has 2 rings (SSSR count). The predicted molar refractivity (Wildman–Crippen MR) is 75.3 cm³/mol. The van der Waals surface area contributed by atoms with Crippen molar-refractivity contribution in [1.82, 2.24) is 4.90 Å². The second-order valence-electron chi connectivity index (χ2n) is 4.51. The van der Waals surface area contributed by atoms with Crippen LogP contribution in [0.3, 0.4) is 0 Å². The van der Waals surface area contributed by atoms with E-state index in [2.05, 4.69) is 18.7 Å². The van der Waals surface area contributed by atoms with Crippen LogP contribution in [0.1, 0.15) is 20.3 Å². The maximum absolute atomic E-state index is 5.81. The van der Waals surface area contributed by atoms with Gasteiger partial charge in [-0.3, -0.25) is 0 Å². The molecular formula is C15H23NO3. The highest BCUT2D eigenvalue weighted by Gasteiger charge is 2.16. The zero-order chi connectivity index (χ0) is 13.5. The van der Waals surface area contributed by atoms with Crippen molar-refractivity contribution in [2.24, 2.45) is 0 Å². The smallest absolute Gasteiger partial charge is 0.203 e. The Hall–Kier alpha value is -1.42. The van der Waals surface area contributed by atoms with E-state index < -0.39 is 0 Å². The zero-order valence-corrected chi connectivity index (χ0v) is 11.9. The average Bonchev–Trinajstić information content (AvgIpc) is 2.47. The standard InChI is InChI=1S/C15H23NO3/c1-3-16(4-2)9-6-10-17-13-7-5-8-14-15(13)19-12-11-18-14/h5,7-8H,3-4,6,9-12H2,1-2H3. The molecule has 0 fully saturated rings.